The molecule has 2 aromatic rings. The number of thioether (sulfide) groups is 1. The number of amides is 1. The van der Waals surface area contributed by atoms with Gasteiger partial charge in [-0.2, -0.15) is 0 Å². The number of halogens is 2. The van der Waals surface area contributed by atoms with Crippen LogP contribution in [0.1, 0.15) is 35.7 Å². The van der Waals surface area contributed by atoms with Gasteiger partial charge in [-0.05, 0) is 43.5 Å². The molecule has 3 rings (SSSR count). The average Bonchev–Trinajstić information content (AvgIpc) is 3.41. The minimum Gasteiger partial charge on any atom is -0.480 e. The van der Waals surface area contributed by atoms with Crippen LogP contribution in [-0.2, 0) is 10.2 Å². The van der Waals surface area contributed by atoms with Crippen LogP contribution >= 0.6 is 11.8 Å². The molecule has 2 N–H and O–H groups in total. The summed E-state index contributed by atoms with van der Waals surface area (Å²) in [4.78, 5) is 24.3. The largest absolute Gasteiger partial charge is 0.480 e. The first kappa shape index (κ1) is 19.4. The summed E-state index contributed by atoms with van der Waals surface area (Å²) in [5.41, 5.74) is 0.279. The van der Waals surface area contributed by atoms with Gasteiger partial charge >= 0.3 is 5.97 Å². The van der Waals surface area contributed by atoms with Crippen LogP contribution in [0.2, 0.25) is 0 Å². The summed E-state index contributed by atoms with van der Waals surface area (Å²) < 4.78 is 27.2. The highest BCUT2D eigenvalue weighted by Gasteiger charge is 2.46. The molecule has 0 radical (unpaired) electrons. The Morgan fingerprint density at radius 3 is 2.56 bits per heavy atom. The van der Waals surface area contributed by atoms with Gasteiger partial charge in [0.25, 0.3) is 5.91 Å². The first-order valence-corrected chi connectivity index (χ1v) is 9.42. The molecule has 27 heavy (non-hydrogen) atoms. The third-order valence-corrected chi connectivity index (χ3v) is 5.89. The minimum atomic E-state index is -0.959. The van der Waals surface area contributed by atoms with Crippen LogP contribution in [0.25, 0.3) is 0 Å². The first-order valence-electron chi connectivity index (χ1n) is 8.55. The molecule has 0 saturated heterocycles. The van der Waals surface area contributed by atoms with Crippen LogP contribution in [0.3, 0.4) is 0 Å². The molecule has 0 bridgehead atoms. The van der Waals surface area contributed by atoms with Gasteiger partial charge in [0.2, 0.25) is 0 Å². The summed E-state index contributed by atoms with van der Waals surface area (Å²) in [6, 6.07) is 10.3. The normalized spacial score (nSPS) is 15.8. The number of hydrogen-bond donors (Lipinski definition) is 2. The van der Waals surface area contributed by atoms with Crippen molar-refractivity contribution in [2.45, 2.75) is 35.3 Å². The molecule has 142 valence electrons. The highest BCUT2D eigenvalue weighted by atomic mass is 32.2. The molecular formula is C20H19F2NO3S. The Bertz CT molecular complexity index is 883. The number of carboxylic acids is 1. The lowest BCUT2D eigenvalue weighted by Gasteiger charge is -2.18. The zero-order valence-corrected chi connectivity index (χ0v) is 15.5. The maximum absolute atomic E-state index is 14.1. The fourth-order valence-corrected chi connectivity index (χ4v) is 3.88. The lowest BCUT2D eigenvalue weighted by atomic mass is 9.95. The van der Waals surface area contributed by atoms with Gasteiger partial charge in [0.05, 0.1) is 5.56 Å². The van der Waals surface area contributed by atoms with E-state index in [-0.39, 0.29) is 12.5 Å². The van der Waals surface area contributed by atoms with Crippen molar-refractivity contribution >= 4 is 23.6 Å². The molecule has 0 aromatic heterocycles. The SMILES string of the molecule is CC(Sc1ccccc1C(=O)NCC1(c2ccc(F)cc2F)CC1)C(=O)O. The number of carbonyl (C=O) groups excluding carboxylic acids is 1. The molecule has 1 unspecified atom stereocenters. The van der Waals surface area contributed by atoms with Crippen LogP contribution in [0, 0.1) is 11.6 Å². The highest BCUT2D eigenvalue weighted by Crippen LogP contribution is 2.48. The Morgan fingerprint density at radius 2 is 1.93 bits per heavy atom. The molecule has 1 atom stereocenters. The summed E-state index contributed by atoms with van der Waals surface area (Å²) >= 11 is 1.09. The lowest BCUT2D eigenvalue weighted by Crippen LogP contribution is -2.33. The summed E-state index contributed by atoms with van der Waals surface area (Å²) in [6.07, 6.45) is 1.42. The van der Waals surface area contributed by atoms with Gasteiger partial charge < -0.3 is 10.4 Å². The van der Waals surface area contributed by atoms with Crippen molar-refractivity contribution in [2.75, 3.05) is 6.54 Å². The second-order valence-electron chi connectivity index (χ2n) is 6.68. The van der Waals surface area contributed by atoms with E-state index in [1.54, 1.807) is 31.2 Å². The van der Waals surface area contributed by atoms with Crippen LogP contribution in [0.5, 0.6) is 0 Å². The molecule has 1 fully saturated rings. The van der Waals surface area contributed by atoms with Crippen molar-refractivity contribution in [3.63, 3.8) is 0 Å². The van der Waals surface area contributed by atoms with Gasteiger partial charge in [0.15, 0.2) is 0 Å². The van der Waals surface area contributed by atoms with Gasteiger partial charge in [0.1, 0.15) is 16.9 Å². The van der Waals surface area contributed by atoms with Crippen molar-refractivity contribution in [1.29, 1.82) is 0 Å². The Morgan fingerprint density at radius 1 is 1.22 bits per heavy atom. The first-order chi connectivity index (χ1) is 12.8. The average molecular weight is 391 g/mol. The van der Waals surface area contributed by atoms with Gasteiger partial charge in [-0.3, -0.25) is 9.59 Å². The Balaban J connectivity index is 1.72. The number of carbonyl (C=O) groups is 2. The van der Waals surface area contributed by atoms with Crippen molar-refractivity contribution in [2.24, 2.45) is 0 Å². The monoisotopic (exact) mass is 391 g/mol. The topological polar surface area (TPSA) is 66.4 Å². The van der Waals surface area contributed by atoms with E-state index in [4.69, 9.17) is 5.11 Å². The summed E-state index contributed by atoms with van der Waals surface area (Å²) in [7, 11) is 0. The molecular weight excluding hydrogens is 372 g/mol. The van der Waals surface area contributed by atoms with E-state index >= 15 is 0 Å². The number of hydrogen-bond acceptors (Lipinski definition) is 3. The molecule has 2 aromatic carbocycles. The fourth-order valence-electron chi connectivity index (χ4n) is 2.95. The molecule has 1 saturated carbocycles. The molecule has 1 amide bonds. The number of nitrogens with one attached hydrogen (secondary N) is 1. The predicted octanol–water partition coefficient (Wildman–Crippen LogP) is 3.99. The molecule has 7 heteroatoms. The lowest BCUT2D eigenvalue weighted by molar-refractivity contribution is -0.136. The molecule has 0 spiro atoms. The van der Waals surface area contributed by atoms with Gasteiger partial charge in [0, 0.05) is 22.9 Å². The Kier molecular flexibility index (Phi) is 5.51. The Hall–Kier alpha value is -2.41. The predicted molar refractivity (Wildman–Crippen MR) is 99.0 cm³/mol. The zero-order chi connectivity index (χ0) is 19.6. The number of carboxylic acid groups (broad SMARTS) is 1. The quantitative estimate of drug-likeness (QED) is 0.701. The number of rotatable bonds is 7. The molecule has 0 heterocycles. The molecule has 1 aliphatic rings. The standard InChI is InChI=1S/C20H19F2NO3S/c1-12(19(25)26)27-17-5-3-2-4-14(17)18(24)23-11-20(8-9-20)15-7-6-13(21)10-16(15)22/h2-7,10,12H,8-9,11H2,1H3,(H,23,24)(H,25,26). The van der Waals surface area contributed by atoms with Crippen molar-refractivity contribution in [3.05, 3.63) is 65.2 Å². The van der Waals surface area contributed by atoms with E-state index in [2.05, 4.69) is 5.32 Å². The summed E-state index contributed by atoms with van der Waals surface area (Å²) in [5.74, 6) is -2.54. The van der Waals surface area contributed by atoms with Crippen molar-refractivity contribution in [1.82, 2.24) is 5.32 Å². The maximum Gasteiger partial charge on any atom is 0.316 e. The van der Waals surface area contributed by atoms with Gasteiger partial charge in [-0.15, -0.1) is 11.8 Å². The fraction of sp³-hybridized carbons (Fsp3) is 0.300. The van der Waals surface area contributed by atoms with E-state index in [0.29, 0.717) is 28.9 Å². The second kappa shape index (κ2) is 7.68. The van der Waals surface area contributed by atoms with Gasteiger partial charge in [-0.25, -0.2) is 8.78 Å². The van der Waals surface area contributed by atoms with Crippen LogP contribution in [-0.4, -0.2) is 28.8 Å². The van der Waals surface area contributed by atoms with Crippen molar-refractivity contribution < 1.29 is 23.5 Å². The summed E-state index contributed by atoms with van der Waals surface area (Å²) in [5, 5.41) is 11.2. The van der Waals surface area contributed by atoms with E-state index in [1.807, 2.05) is 0 Å². The Labute approximate surface area is 160 Å². The van der Waals surface area contributed by atoms with Crippen molar-refractivity contribution in [3.8, 4) is 0 Å². The van der Waals surface area contributed by atoms with E-state index in [9.17, 15) is 18.4 Å². The zero-order valence-electron chi connectivity index (χ0n) is 14.7. The highest BCUT2D eigenvalue weighted by molar-refractivity contribution is 8.00. The third-order valence-electron chi connectivity index (χ3n) is 4.73. The van der Waals surface area contributed by atoms with Crippen LogP contribution in [0.4, 0.5) is 8.78 Å². The maximum atomic E-state index is 14.1. The van der Waals surface area contributed by atoms with Gasteiger partial charge in [-0.1, -0.05) is 18.2 Å². The van der Waals surface area contributed by atoms with Crippen LogP contribution < -0.4 is 5.32 Å². The molecule has 1 aliphatic carbocycles. The molecule has 4 nitrogen and oxygen atoms in total. The number of aliphatic carboxylic acids is 1. The minimum absolute atomic E-state index is 0.238. The molecule has 0 aliphatic heterocycles. The third kappa shape index (κ3) is 4.30. The van der Waals surface area contributed by atoms with Crippen LogP contribution in [0.15, 0.2) is 47.4 Å². The smallest absolute Gasteiger partial charge is 0.316 e. The second-order valence-corrected chi connectivity index (χ2v) is 8.06. The van der Waals surface area contributed by atoms with E-state index in [0.717, 1.165) is 17.8 Å². The summed E-state index contributed by atoms with van der Waals surface area (Å²) in [6.45, 7) is 1.79. The van der Waals surface area contributed by atoms with E-state index < -0.39 is 28.3 Å². The van der Waals surface area contributed by atoms with E-state index in [1.165, 1.54) is 12.1 Å². The number of benzene rings is 2.